The first kappa shape index (κ1) is 19.0. The molecule has 4 rings (SSSR count). The third-order valence-electron chi connectivity index (χ3n) is 5.47. The first-order valence-corrected chi connectivity index (χ1v) is 10.3. The summed E-state index contributed by atoms with van der Waals surface area (Å²) in [6, 6.07) is 5.36. The van der Waals surface area contributed by atoms with Crippen LogP contribution in [0.25, 0.3) is 0 Å². The molecule has 7 nitrogen and oxygen atoms in total. The summed E-state index contributed by atoms with van der Waals surface area (Å²) in [5, 5.41) is 4.37. The highest BCUT2D eigenvalue weighted by Crippen LogP contribution is 2.25. The fourth-order valence-corrected chi connectivity index (χ4v) is 4.26. The Kier molecular flexibility index (Phi) is 5.39. The Labute approximate surface area is 172 Å². The maximum Gasteiger partial charge on any atom is 0.257 e. The maximum absolute atomic E-state index is 13.0. The van der Waals surface area contributed by atoms with Crippen LogP contribution in [0, 0.1) is 0 Å². The topological polar surface area (TPSA) is 67.7 Å². The Balaban J connectivity index is 1.43. The average molecular weight is 447 g/mol. The van der Waals surface area contributed by atoms with Crippen LogP contribution in [0.1, 0.15) is 39.3 Å². The van der Waals surface area contributed by atoms with Gasteiger partial charge >= 0.3 is 0 Å². The van der Waals surface area contributed by atoms with E-state index in [2.05, 4.69) is 21.0 Å². The molecule has 0 atom stereocenters. The van der Waals surface area contributed by atoms with Gasteiger partial charge in [-0.05, 0) is 53.4 Å². The summed E-state index contributed by atoms with van der Waals surface area (Å²) in [5.41, 5.74) is 2.34. The molecule has 0 unspecified atom stereocenters. The van der Waals surface area contributed by atoms with Crippen molar-refractivity contribution in [2.45, 2.75) is 25.8 Å². The van der Waals surface area contributed by atoms with Crippen LogP contribution in [0.15, 0.2) is 28.9 Å². The fourth-order valence-electron chi connectivity index (χ4n) is 3.85. The van der Waals surface area contributed by atoms with Crippen molar-refractivity contribution in [2.75, 3.05) is 33.3 Å². The molecule has 0 spiro atoms. The smallest absolute Gasteiger partial charge is 0.257 e. The van der Waals surface area contributed by atoms with Crippen LogP contribution in [0.5, 0.6) is 5.75 Å². The summed E-state index contributed by atoms with van der Waals surface area (Å²) in [6.45, 7) is 2.96. The molecule has 2 aliphatic rings. The molecule has 1 fully saturated rings. The second-order valence-corrected chi connectivity index (χ2v) is 7.97. The highest BCUT2D eigenvalue weighted by molar-refractivity contribution is 9.10. The molecule has 1 aromatic carbocycles. The highest BCUT2D eigenvalue weighted by atomic mass is 79.9. The standard InChI is InChI=1S/C20H23BrN4O3/c1-28-14-5-6-17(21)15(12-14)19(26)23-8-10-24(11-9-23)20(27)16-13-22-25-7-3-2-4-18(16)25/h5-6,12-13H,2-4,7-11H2,1H3. The molecular weight excluding hydrogens is 424 g/mol. The summed E-state index contributed by atoms with van der Waals surface area (Å²) in [5.74, 6) is 0.616. The molecule has 2 aliphatic heterocycles. The van der Waals surface area contributed by atoms with Crippen molar-refractivity contribution in [1.82, 2.24) is 19.6 Å². The lowest BCUT2D eigenvalue weighted by atomic mass is 10.1. The lowest BCUT2D eigenvalue weighted by Crippen LogP contribution is -2.50. The minimum Gasteiger partial charge on any atom is -0.497 e. The number of amides is 2. The second-order valence-electron chi connectivity index (χ2n) is 7.12. The van der Waals surface area contributed by atoms with Crippen LogP contribution >= 0.6 is 15.9 Å². The Morgan fingerprint density at radius 2 is 1.68 bits per heavy atom. The molecule has 1 aromatic heterocycles. The number of rotatable bonds is 3. The molecule has 0 aliphatic carbocycles. The van der Waals surface area contributed by atoms with Crippen molar-refractivity contribution in [1.29, 1.82) is 0 Å². The van der Waals surface area contributed by atoms with Crippen LogP contribution in [-0.2, 0) is 13.0 Å². The molecule has 8 heteroatoms. The van der Waals surface area contributed by atoms with Crippen LogP contribution in [0.4, 0.5) is 0 Å². The number of carbonyl (C=O) groups is 2. The Hall–Kier alpha value is -2.35. The summed E-state index contributed by atoms with van der Waals surface area (Å²) < 4.78 is 7.92. The Morgan fingerprint density at radius 1 is 1.00 bits per heavy atom. The third kappa shape index (κ3) is 3.53. The second kappa shape index (κ2) is 7.95. The van der Waals surface area contributed by atoms with Crippen molar-refractivity contribution >= 4 is 27.7 Å². The zero-order valence-corrected chi connectivity index (χ0v) is 17.4. The largest absolute Gasteiger partial charge is 0.497 e. The van der Waals surface area contributed by atoms with Crippen LogP contribution < -0.4 is 4.74 Å². The van der Waals surface area contributed by atoms with Gasteiger partial charge in [-0.3, -0.25) is 14.3 Å². The molecule has 0 radical (unpaired) electrons. The van der Waals surface area contributed by atoms with E-state index in [0.717, 1.165) is 41.5 Å². The number of aromatic nitrogens is 2. The number of piperazine rings is 1. The lowest BCUT2D eigenvalue weighted by Gasteiger charge is -2.35. The summed E-state index contributed by atoms with van der Waals surface area (Å²) >= 11 is 3.45. The number of benzene rings is 1. The number of nitrogens with zero attached hydrogens (tertiary/aromatic N) is 4. The predicted octanol–water partition coefficient (Wildman–Crippen LogP) is 2.59. The van der Waals surface area contributed by atoms with E-state index in [1.54, 1.807) is 24.3 Å². The minimum absolute atomic E-state index is 0.0257. The van der Waals surface area contributed by atoms with Gasteiger partial charge in [0.1, 0.15) is 5.75 Å². The zero-order chi connectivity index (χ0) is 19.7. The summed E-state index contributed by atoms with van der Waals surface area (Å²) in [6.07, 6.45) is 4.82. The molecule has 2 aromatic rings. The van der Waals surface area contributed by atoms with Gasteiger partial charge in [-0.15, -0.1) is 0 Å². The number of halogens is 1. The highest BCUT2D eigenvalue weighted by Gasteiger charge is 2.29. The van der Waals surface area contributed by atoms with Gasteiger partial charge in [0.25, 0.3) is 11.8 Å². The van der Waals surface area contributed by atoms with Gasteiger partial charge in [0.2, 0.25) is 0 Å². The lowest BCUT2D eigenvalue weighted by molar-refractivity contribution is 0.0534. The normalized spacial score (nSPS) is 16.6. The maximum atomic E-state index is 13.0. The molecule has 0 bridgehead atoms. The van der Waals surface area contributed by atoms with Crippen molar-refractivity contribution < 1.29 is 14.3 Å². The van der Waals surface area contributed by atoms with E-state index in [-0.39, 0.29) is 11.8 Å². The van der Waals surface area contributed by atoms with Gasteiger partial charge in [0.05, 0.1) is 30.1 Å². The molecule has 0 N–H and O–H groups in total. The van der Waals surface area contributed by atoms with E-state index in [1.807, 2.05) is 21.7 Å². The van der Waals surface area contributed by atoms with Crippen molar-refractivity contribution in [3.63, 3.8) is 0 Å². The minimum atomic E-state index is -0.0548. The molecule has 2 amide bonds. The van der Waals surface area contributed by atoms with Crippen LogP contribution in [-0.4, -0.2) is 64.7 Å². The molecule has 148 valence electrons. The van der Waals surface area contributed by atoms with E-state index in [4.69, 9.17) is 4.74 Å². The number of carbonyl (C=O) groups excluding carboxylic acids is 2. The van der Waals surface area contributed by atoms with Gasteiger partial charge in [0.15, 0.2) is 0 Å². The number of fused-ring (bicyclic) bond motifs is 1. The number of methoxy groups -OCH3 is 1. The van der Waals surface area contributed by atoms with Crippen LogP contribution in [0.2, 0.25) is 0 Å². The Bertz CT molecular complexity index is 903. The number of ether oxygens (including phenoxy) is 1. The average Bonchev–Trinajstić information content (AvgIpc) is 3.17. The summed E-state index contributed by atoms with van der Waals surface area (Å²) in [7, 11) is 1.58. The molecular formula is C20H23BrN4O3. The summed E-state index contributed by atoms with van der Waals surface area (Å²) in [4.78, 5) is 29.5. The fraction of sp³-hybridized carbons (Fsp3) is 0.450. The van der Waals surface area contributed by atoms with Crippen molar-refractivity contribution in [3.8, 4) is 5.75 Å². The monoisotopic (exact) mass is 446 g/mol. The van der Waals surface area contributed by atoms with Crippen molar-refractivity contribution in [3.05, 3.63) is 45.7 Å². The molecule has 3 heterocycles. The number of hydrogen-bond acceptors (Lipinski definition) is 4. The zero-order valence-electron chi connectivity index (χ0n) is 15.9. The van der Waals surface area contributed by atoms with Gasteiger partial charge < -0.3 is 14.5 Å². The number of aryl methyl sites for hydroxylation is 1. The van der Waals surface area contributed by atoms with Crippen molar-refractivity contribution in [2.24, 2.45) is 0 Å². The Morgan fingerprint density at radius 3 is 2.36 bits per heavy atom. The SMILES string of the molecule is COc1ccc(Br)c(C(=O)N2CCN(C(=O)c3cnn4c3CCCC4)CC2)c1. The predicted molar refractivity (Wildman–Crippen MR) is 108 cm³/mol. The van der Waals surface area contributed by atoms with Gasteiger partial charge in [0, 0.05) is 37.2 Å². The van der Waals surface area contributed by atoms with Gasteiger partial charge in [-0.25, -0.2) is 0 Å². The molecule has 28 heavy (non-hydrogen) atoms. The first-order chi connectivity index (χ1) is 13.6. The van der Waals surface area contributed by atoms with E-state index in [0.29, 0.717) is 37.5 Å². The quantitative estimate of drug-likeness (QED) is 0.726. The third-order valence-corrected chi connectivity index (χ3v) is 6.16. The van der Waals surface area contributed by atoms with E-state index >= 15 is 0 Å². The van der Waals surface area contributed by atoms with E-state index in [9.17, 15) is 9.59 Å². The first-order valence-electron chi connectivity index (χ1n) is 9.55. The van der Waals surface area contributed by atoms with Crippen LogP contribution in [0.3, 0.4) is 0 Å². The van der Waals surface area contributed by atoms with E-state index in [1.165, 1.54) is 0 Å². The number of hydrogen-bond donors (Lipinski definition) is 0. The van der Waals surface area contributed by atoms with Gasteiger partial charge in [-0.2, -0.15) is 5.10 Å². The molecule has 0 saturated carbocycles. The van der Waals surface area contributed by atoms with E-state index < -0.39 is 0 Å². The van der Waals surface area contributed by atoms with Gasteiger partial charge in [-0.1, -0.05) is 0 Å². The molecule has 1 saturated heterocycles.